The second kappa shape index (κ2) is 5.42. The van der Waals surface area contributed by atoms with Crippen LogP contribution in [-0.2, 0) is 0 Å². The SMILES string of the molecule is O=C(Nc1ccc(Br)cc1Br)c1cccc2cc[nH]c12. The number of carbonyl (C=O) groups is 1. The van der Waals surface area contributed by atoms with Crippen molar-refractivity contribution in [1.82, 2.24) is 4.98 Å². The van der Waals surface area contributed by atoms with E-state index < -0.39 is 0 Å². The molecule has 0 unspecified atom stereocenters. The van der Waals surface area contributed by atoms with Crippen molar-refractivity contribution in [3.63, 3.8) is 0 Å². The maximum Gasteiger partial charge on any atom is 0.257 e. The fourth-order valence-corrected chi connectivity index (χ4v) is 3.20. The van der Waals surface area contributed by atoms with Crippen LogP contribution in [0, 0.1) is 0 Å². The summed E-state index contributed by atoms with van der Waals surface area (Å²) in [6.45, 7) is 0. The molecule has 3 nitrogen and oxygen atoms in total. The van der Waals surface area contributed by atoms with Gasteiger partial charge in [-0.3, -0.25) is 4.79 Å². The van der Waals surface area contributed by atoms with Crippen LogP contribution < -0.4 is 5.32 Å². The molecule has 3 aromatic rings. The number of H-pyrrole nitrogens is 1. The molecule has 0 aliphatic rings. The van der Waals surface area contributed by atoms with E-state index in [9.17, 15) is 4.79 Å². The Hall–Kier alpha value is -1.59. The monoisotopic (exact) mass is 392 g/mol. The molecule has 1 heterocycles. The number of rotatable bonds is 2. The van der Waals surface area contributed by atoms with Gasteiger partial charge < -0.3 is 10.3 Å². The van der Waals surface area contributed by atoms with E-state index in [1.165, 1.54) is 0 Å². The van der Waals surface area contributed by atoms with E-state index in [0.29, 0.717) is 5.56 Å². The van der Waals surface area contributed by atoms with Gasteiger partial charge in [0.15, 0.2) is 0 Å². The Kier molecular flexibility index (Phi) is 3.63. The van der Waals surface area contributed by atoms with E-state index in [0.717, 1.165) is 25.5 Å². The first kappa shape index (κ1) is 13.4. The number of anilines is 1. The fourth-order valence-electron chi connectivity index (χ4n) is 2.05. The summed E-state index contributed by atoms with van der Waals surface area (Å²) >= 11 is 6.82. The van der Waals surface area contributed by atoms with Gasteiger partial charge in [-0.1, -0.05) is 28.1 Å². The zero-order chi connectivity index (χ0) is 14.1. The van der Waals surface area contributed by atoms with Crippen LogP contribution in [0.5, 0.6) is 0 Å². The maximum atomic E-state index is 12.4. The first-order chi connectivity index (χ1) is 9.65. The normalized spacial score (nSPS) is 10.7. The van der Waals surface area contributed by atoms with Crippen molar-refractivity contribution in [3.05, 3.63) is 63.2 Å². The Balaban J connectivity index is 1.95. The van der Waals surface area contributed by atoms with Crippen molar-refractivity contribution < 1.29 is 4.79 Å². The zero-order valence-corrected chi connectivity index (χ0v) is 13.5. The van der Waals surface area contributed by atoms with E-state index in [-0.39, 0.29) is 5.91 Å². The number of aromatic amines is 1. The molecule has 5 heteroatoms. The van der Waals surface area contributed by atoms with Crippen LogP contribution in [0.1, 0.15) is 10.4 Å². The molecule has 1 amide bonds. The molecular weight excluding hydrogens is 384 g/mol. The van der Waals surface area contributed by atoms with Crippen molar-refractivity contribution in [1.29, 1.82) is 0 Å². The highest BCUT2D eigenvalue weighted by Crippen LogP contribution is 2.27. The van der Waals surface area contributed by atoms with Gasteiger partial charge in [-0.25, -0.2) is 0 Å². The Morgan fingerprint density at radius 3 is 2.75 bits per heavy atom. The minimum absolute atomic E-state index is 0.138. The first-order valence-corrected chi connectivity index (χ1v) is 7.56. The predicted molar refractivity (Wildman–Crippen MR) is 88.1 cm³/mol. The van der Waals surface area contributed by atoms with Crippen molar-refractivity contribution >= 4 is 54.4 Å². The molecule has 0 aliphatic heterocycles. The molecule has 3 rings (SSSR count). The number of halogens is 2. The summed E-state index contributed by atoms with van der Waals surface area (Å²) in [5.74, 6) is -0.138. The van der Waals surface area contributed by atoms with E-state index in [2.05, 4.69) is 42.2 Å². The number of carbonyl (C=O) groups excluding carboxylic acids is 1. The number of fused-ring (bicyclic) bond motifs is 1. The third-order valence-corrected chi connectivity index (χ3v) is 4.16. The van der Waals surface area contributed by atoms with Crippen LogP contribution in [-0.4, -0.2) is 10.9 Å². The molecule has 100 valence electrons. The Morgan fingerprint density at radius 2 is 1.95 bits per heavy atom. The molecular formula is C15H10Br2N2O. The maximum absolute atomic E-state index is 12.4. The summed E-state index contributed by atoms with van der Waals surface area (Å²) in [6.07, 6.45) is 1.83. The lowest BCUT2D eigenvalue weighted by Gasteiger charge is -2.08. The van der Waals surface area contributed by atoms with Gasteiger partial charge in [0.1, 0.15) is 0 Å². The van der Waals surface area contributed by atoms with Crippen molar-refractivity contribution in [2.24, 2.45) is 0 Å². The van der Waals surface area contributed by atoms with Crippen LogP contribution >= 0.6 is 31.9 Å². The fraction of sp³-hybridized carbons (Fsp3) is 0. The molecule has 2 N–H and O–H groups in total. The quantitative estimate of drug-likeness (QED) is 0.635. The van der Waals surface area contributed by atoms with Gasteiger partial charge in [-0.2, -0.15) is 0 Å². The highest BCUT2D eigenvalue weighted by molar-refractivity contribution is 9.11. The minimum atomic E-state index is -0.138. The Morgan fingerprint density at radius 1 is 1.10 bits per heavy atom. The van der Waals surface area contributed by atoms with Crippen molar-refractivity contribution in [2.75, 3.05) is 5.32 Å². The number of hydrogen-bond donors (Lipinski definition) is 2. The smallest absolute Gasteiger partial charge is 0.257 e. The first-order valence-electron chi connectivity index (χ1n) is 5.97. The second-order valence-electron chi connectivity index (χ2n) is 4.33. The summed E-state index contributed by atoms with van der Waals surface area (Å²) in [7, 11) is 0. The van der Waals surface area contributed by atoms with Crippen LogP contribution in [0.2, 0.25) is 0 Å². The van der Waals surface area contributed by atoms with Crippen LogP contribution in [0.3, 0.4) is 0 Å². The van der Waals surface area contributed by atoms with Gasteiger partial charge >= 0.3 is 0 Å². The largest absolute Gasteiger partial charge is 0.361 e. The second-order valence-corrected chi connectivity index (χ2v) is 6.10. The lowest BCUT2D eigenvalue weighted by Crippen LogP contribution is -2.12. The van der Waals surface area contributed by atoms with Crippen molar-refractivity contribution in [3.8, 4) is 0 Å². The van der Waals surface area contributed by atoms with Crippen molar-refractivity contribution in [2.45, 2.75) is 0 Å². The van der Waals surface area contributed by atoms with Gasteiger partial charge in [0.05, 0.1) is 16.8 Å². The van der Waals surface area contributed by atoms with E-state index in [1.807, 2.05) is 42.6 Å². The molecule has 0 aliphatic carbocycles. The summed E-state index contributed by atoms with van der Waals surface area (Å²) < 4.78 is 1.78. The number of aromatic nitrogens is 1. The highest BCUT2D eigenvalue weighted by Gasteiger charge is 2.12. The van der Waals surface area contributed by atoms with Gasteiger partial charge in [-0.05, 0) is 46.3 Å². The summed E-state index contributed by atoms with van der Waals surface area (Å²) in [4.78, 5) is 15.5. The molecule has 0 saturated heterocycles. The Labute approximate surface area is 132 Å². The average Bonchev–Trinajstić information content (AvgIpc) is 2.90. The molecule has 0 radical (unpaired) electrons. The lowest BCUT2D eigenvalue weighted by atomic mass is 10.1. The average molecular weight is 394 g/mol. The van der Waals surface area contributed by atoms with E-state index in [4.69, 9.17) is 0 Å². The van der Waals surface area contributed by atoms with Gasteiger partial charge in [0, 0.05) is 20.5 Å². The van der Waals surface area contributed by atoms with E-state index >= 15 is 0 Å². The molecule has 2 aromatic carbocycles. The summed E-state index contributed by atoms with van der Waals surface area (Å²) in [5, 5.41) is 3.93. The minimum Gasteiger partial charge on any atom is -0.361 e. The molecule has 1 aromatic heterocycles. The number of hydrogen-bond acceptors (Lipinski definition) is 1. The third kappa shape index (κ3) is 2.51. The van der Waals surface area contributed by atoms with Gasteiger partial charge in [0.2, 0.25) is 0 Å². The third-order valence-electron chi connectivity index (χ3n) is 3.01. The summed E-state index contributed by atoms with van der Waals surface area (Å²) in [5.41, 5.74) is 2.21. The number of benzene rings is 2. The lowest BCUT2D eigenvalue weighted by molar-refractivity contribution is 0.102. The Bertz CT molecular complexity index is 795. The van der Waals surface area contributed by atoms with Crippen LogP contribution in [0.25, 0.3) is 10.9 Å². The van der Waals surface area contributed by atoms with E-state index in [1.54, 1.807) is 6.07 Å². The predicted octanol–water partition coefficient (Wildman–Crippen LogP) is 4.95. The standard InChI is InChI=1S/C15H10Br2N2O/c16-10-4-5-13(12(17)8-10)19-15(20)11-3-1-2-9-6-7-18-14(9)11/h1-8,18H,(H,19,20). The molecule has 0 bridgehead atoms. The molecule has 0 atom stereocenters. The number of amides is 1. The number of nitrogens with one attached hydrogen (secondary N) is 2. The molecule has 20 heavy (non-hydrogen) atoms. The van der Waals surface area contributed by atoms with Crippen LogP contribution in [0.15, 0.2) is 57.6 Å². The number of para-hydroxylation sites is 1. The van der Waals surface area contributed by atoms with Gasteiger partial charge in [-0.15, -0.1) is 0 Å². The van der Waals surface area contributed by atoms with Crippen LogP contribution in [0.4, 0.5) is 5.69 Å². The molecule has 0 fully saturated rings. The zero-order valence-electron chi connectivity index (χ0n) is 10.3. The highest BCUT2D eigenvalue weighted by atomic mass is 79.9. The molecule has 0 saturated carbocycles. The summed E-state index contributed by atoms with van der Waals surface area (Å²) in [6, 6.07) is 13.2. The molecule has 0 spiro atoms. The topological polar surface area (TPSA) is 44.9 Å². The van der Waals surface area contributed by atoms with Gasteiger partial charge in [0.25, 0.3) is 5.91 Å².